The molecule has 1 aliphatic heterocycles. The molecule has 0 aromatic rings. The van der Waals surface area contributed by atoms with E-state index in [-0.39, 0.29) is 17.5 Å². The van der Waals surface area contributed by atoms with Crippen molar-refractivity contribution >= 4 is 5.91 Å². The van der Waals surface area contributed by atoms with E-state index in [0.717, 1.165) is 19.4 Å². The maximum Gasteiger partial charge on any atom is 0.239 e. The van der Waals surface area contributed by atoms with Gasteiger partial charge in [0, 0.05) is 12.1 Å². The summed E-state index contributed by atoms with van der Waals surface area (Å²) in [4.78, 5) is 11.8. The number of ether oxygens (including phenoxy) is 1. The van der Waals surface area contributed by atoms with E-state index >= 15 is 0 Å². The molecule has 2 rings (SSSR count). The normalized spacial score (nSPS) is 30.5. The standard InChI is InChI=1S/C10H18N2O2/c1-10(3-2-4-10)12-9(13)8-7-14-6-5-11-8/h8,11H,2-7H2,1H3,(H,12,13). The number of carbonyl (C=O) groups excluding carboxylic acids is 1. The van der Waals surface area contributed by atoms with E-state index in [2.05, 4.69) is 17.6 Å². The largest absolute Gasteiger partial charge is 0.378 e. The van der Waals surface area contributed by atoms with E-state index < -0.39 is 0 Å². The number of carbonyl (C=O) groups is 1. The minimum Gasteiger partial charge on any atom is -0.378 e. The topological polar surface area (TPSA) is 50.4 Å². The molecule has 14 heavy (non-hydrogen) atoms. The first-order valence-corrected chi connectivity index (χ1v) is 5.33. The van der Waals surface area contributed by atoms with Crippen LogP contribution in [0.15, 0.2) is 0 Å². The lowest BCUT2D eigenvalue weighted by atomic mass is 9.78. The van der Waals surface area contributed by atoms with Crippen LogP contribution in [0.3, 0.4) is 0 Å². The summed E-state index contributed by atoms with van der Waals surface area (Å²) in [6.45, 7) is 4.09. The van der Waals surface area contributed by atoms with Crippen LogP contribution < -0.4 is 10.6 Å². The van der Waals surface area contributed by atoms with Crippen LogP contribution in [0.1, 0.15) is 26.2 Å². The second kappa shape index (κ2) is 3.87. The Bertz CT molecular complexity index is 220. The smallest absolute Gasteiger partial charge is 0.239 e. The van der Waals surface area contributed by atoms with Gasteiger partial charge in [-0.15, -0.1) is 0 Å². The van der Waals surface area contributed by atoms with E-state index in [1.807, 2.05) is 0 Å². The van der Waals surface area contributed by atoms with Crippen molar-refractivity contribution in [3.8, 4) is 0 Å². The summed E-state index contributed by atoms with van der Waals surface area (Å²) in [5, 5.41) is 6.23. The summed E-state index contributed by atoms with van der Waals surface area (Å²) in [7, 11) is 0. The monoisotopic (exact) mass is 198 g/mol. The molecular formula is C10H18N2O2. The van der Waals surface area contributed by atoms with Crippen molar-refractivity contribution in [1.29, 1.82) is 0 Å². The molecule has 0 bridgehead atoms. The summed E-state index contributed by atoms with van der Waals surface area (Å²) in [5.41, 5.74) is 0.0518. The van der Waals surface area contributed by atoms with Crippen LogP contribution in [-0.2, 0) is 9.53 Å². The Hall–Kier alpha value is -0.610. The summed E-state index contributed by atoms with van der Waals surface area (Å²) in [5.74, 6) is 0.0897. The van der Waals surface area contributed by atoms with E-state index in [1.54, 1.807) is 0 Å². The minimum absolute atomic E-state index is 0.0518. The van der Waals surface area contributed by atoms with Gasteiger partial charge in [0.2, 0.25) is 5.91 Å². The maximum atomic E-state index is 11.8. The van der Waals surface area contributed by atoms with Crippen molar-refractivity contribution in [3.63, 3.8) is 0 Å². The quantitative estimate of drug-likeness (QED) is 0.658. The Kier molecular flexibility index (Phi) is 2.74. The maximum absolute atomic E-state index is 11.8. The van der Waals surface area contributed by atoms with Gasteiger partial charge in [0.15, 0.2) is 0 Å². The van der Waals surface area contributed by atoms with Gasteiger partial charge in [0.1, 0.15) is 6.04 Å². The Labute approximate surface area is 84.4 Å². The van der Waals surface area contributed by atoms with E-state index in [9.17, 15) is 4.79 Å². The molecule has 1 amide bonds. The van der Waals surface area contributed by atoms with E-state index in [1.165, 1.54) is 6.42 Å². The number of hydrogen-bond donors (Lipinski definition) is 2. The van der Waals surface area contributed by atoms with Gasteiger partial charge in [-0.1, -0.05) is 0 Å². The van der Waals surface area contributed by atoms with Crippen molar-refractivity contribution in [2.45, 2.75) is 37.8 Å². The summed E-state index contributed by atoms with van der Waals surface area (Å²) >= 11 is 0. The number of morpholine rings is 1. The third kappa shape index (κ3) is 2.07. The summed E-state index contributed by atoms with van der Waals surface area (Å²) < 4.78 is 5.25. The van der Waals surface area contributed by atoms with Crippen LogP contribution >= 0.6 is 0 Å². The van der Waals surface area contributed by atoms with E-state index in [4.69, 9.17) is 4.74 Å². The molecule has 1 saturated heterocycles. The minimum atomic E-state index is -0.152. The first-order valence-electron chi connectivity index (χ1n) is 5.33. The van der Waals surface area contributed by atoms with Crippen molar-refractivity contribution in [2.24, 2.45) is 0 Å². The zero-order valence-electron chi connectivity index (χ0n) is 8.64. The summed E-state index contributed by atoms with van der Waals surface area (Å²) in [6.07, 6.45) is 3.43. The fraction of sp³-hybridized carbons (Fsp3) is 0.900. The highest BCUT2D eigenvalue weighted by Gasteiger charge is 2.35. The van der Waals surface area contributed by atoms with Crippen LogP contribution in [0.4, 0.5) is 0 Å². The number of nitrogens with one attached hydrogen (secondary N) is 2. The Balaban J connectivity index is 1.81. The molecule has 1 aliphatic carbocycles. The molecule has 0 spiro atoms. The first-order chi connectivity index (χ1) is 6.70. The highest BCUT2D eigenvalue weighted by atomic mass is 16.5. The highest BCUT2D eigenvalue weighted by Crippen LogP contribution is 2.30. The second-order valence-corrected chi connectivity index (χ2v) is 4.49. The zero-order valence-corrected chi connectivity index (χ0v) is 8.64. The Morgan fingerprint density at radius 2 is 2.36 bits per heavy atom. The zero-order chi connectivity index (χ0) is 10.0. The van der Waals surface area contributed by atoms with Crippen LogP contribution in [0.2, 0.25) is 0 Å². The van der Waals surface area contributed by atoms with Gasteiger partial charge in [-0.2, -0.15) is 0 Å². The lowest BCUT2D eigenvalue weighted by molar-refractivity contribution is -0.128. The summed E-state index contributed by atoms with van der Waals surface area (Å²) in [6, 6.07) is -0.152. The second-order valence-electron chi connectivity index (χ2n) is 4.49. The lowest BCUT2D eigenvalue weighted by Gasteiger charge is -2.40. The van der Waals surface area contributed by atoms with Gasteiger partial charge in [-0.25, -0.2) is 0 Å². The molecule has 2 aliphatic rings. The average Bonchev–Trinajstić information content (AvgIpc) is 2.17. The number of hydrogen-bond acceptors (Lipinski definition) is 3. The predicted octanol–water partition coefficient (Wildman–Crippen LogP) is 0.0336. The molecule has 2 fully saturated rings. The molecule has 1 saturated carbocycles. The fourth-order valence-corrected chi connectivity index (χ4v) is 1.95. The Morgan fingerprint density at radius 1 is 1.57 bits per heavy atom. The molecule has 1 unspecified atom stereocenters. The number of amides is 1. The van der Waals surface area contributed by atoms with Crippen LogP contribution in [-0.4, -0.2) is 37.2 Å². The van der Waals surface area contributed by atoms with Crippen LogP contribution in [0.25, 0.3) is 0 Å². The molecule has 1 heterocycles. The molecule has 4 heteroatoms. The third-order valence-electron chi connectivity index (χ3n) is 3.12. The molecule has 0 aromatic carbocycles. The lowest BCUT2D eigenvalue weighted by Crippen LogP contribution is -2.59. The van der Waals surface area contributed by atoms with Gasteiger partial charge in [-0.3, -0.25) is 4.79 Å². The highest BCUT2D eigenvalue weighted by molar-refractivity contribution is 5.82. The third-order valence-corrected chi connectivity index (χ3v) is 3.12. The molecule has 0 aromatic heterocycles. The van der Waals surface area contributed by atoms with E-state index in [0.29, 0.717) is 13.2 Å². The van der Waals surface area contributed by atoms with Gasteiger partial charge >= 0.3 is 0 Å². The van der Waals surface area contributed by atoms with Crippen molar-refractivity contribution in [1.82, 2.24) is 10.6 Å². The van der Waals surface area contributed by atoms with Gasteiger partial charge in [0.25, 0.3) is 0 Å². The molecule has 80 valence electrons. The number of rotatable bonds is 2. The van der Waals surface area contributed by atoms with Crippen molar-refractivity contribution < 1.29 is 9.53 Å². The Morgan fingerprint density at radius 3 is 2.86 bits per heavy atom. The van der Waals surface area contributed by atoms with Crippen LogP contribution in [0.5, 0.6) is 0 Å². The van der Waals surface area contributed by atoms with Crippen molar-refractivity contribution in [2.75, 3.05) is 19.8 Å². The van der Waals surface area contributed by atoms with Gasteiger partial charge in [0.05, 0.1) is 13.2 Å². The molecule has 1 atom stereocenters. The van der Waals surface area contributed by atoms with Gasteiger partial charge < -0.3 is 15.4 Å². The van der Waals surface area contributed by atoms with Crippen molar-refractivity contribution in [3.05, 3.63) is 0 Å². The molecular weight excluding hydrogens is 180 g/mol. The first kappa shape index (κ1) is 9.93. The predicted molar refractivity (Wildman–Crippen MR) is 53.0 cm³/mol. The van der Waals surface area contributed by atoms with Gasteiger partial charge in [-0.05, 0) is 26.2 Å². The average molecular weight is 198 g/mol. The molecule has 4 nitrogen and oxygen atoms in total. The van der Waals surface area contributed by atoms with Crippen LogP contribution in [0, 0.1) is 0 Å². The fourth-order valence-electron chi connectivity index (χ4n) is 1.95. The SMILES string of the molecule is CC1(NC(=O)C2COCCN2)CCC1. The molecule has 2 N–H and O–H groups in total. The molecule has 0 radical (unpaired) electrons.